The summed E-state index contributed by atoms with van der Waals surface area (Å²) in [4.78, 5) is 21.6. The fourth-order valence-corrected chi connectivity index (χ4v) is 4.88. The molecule has 22 heavy (non-hydrogen) atoms. The molecule has 0 saturated carbocycles. The number of fused-ring (bicyclic) bond motifs is 1. The lowest BCUT2D eigenvalue weighted by molar-refractivity contribution is 0.0740. The largest absolute Gasteiger partial charge is 0.331 e. The summed E-state index contributed by atoms with van der Waals surface area (Å²) >= 11 is 1.72. The molecule has 0 N–H and O–H groups in total. The average molecular weight is 312 g/mol. The zero-order valence-electron chi connectivity index (χ0n) is 12.6. The predicted molar refractivity (Wildman–Crippen MR) is 88.2 cm³/mol. The van der Waals surface area contributed by atoms with Crippen LogP contribution in [0.4, 0.5) is 0 Å². The number of aryl methyl sites for hydroxylation is 2. The van der Waals surface area contributed by atoms with Crippen LogP contribution in [0.15, 0.2) is 30.6 Å². The Bertz CT molecular complexity index is 656. The van der Waals surface area contributed by atoms with Gasteiger partial charge in [-0.05, 0) is 61.8 Å². The Morgan fingerprint density at radius 1 is 1.27 bits per heavy atom. The van der Waals surface area contributed by atoms with Gasteiger partial charge in [0.25, 0.3) is 5.91 Å². The van der Waals surface area contributed by atoms with Gasteiger partial charge in [-0.1, -0.05) is 6.07 Å². The topological polar surface area (TPSA) is 33.2 Å². The van der Waals surface area contributed by atoms with Gasteiger partial charge in [0, 0.05) is 23.8 Å². The summed E-state index contributed by atoms with van der Waals surface area (Å²) in [5, 5.41) is 0. The summed E-state index contributed by atoms with van der Waals surface area (Å²) < 4.78 is 0. The molecular weight excluding hydrogens is 292 g/mol. The molecular formula is C18H20N2OS. The Morgan fingerprint density at radius 2 is 2.18 bits per heavy atom. The highest BCUT2D eigenvalue weighted by Gasteiger charge is 2.32. The van der Waals surface area contributed by atoms with Crippen LogP contribution in [-0.4, -0.2) is 22.3 Å². The standard InChI is InChI=1S/C18H20N2OS/c21-18(17-11-13-5-1-2-8-16(13)22-17)20-10-4-7-15(20)14-6-3-9-19-12-14/h3,6,9,11-12,15H,1-2,4-5,7-8,10H2/t15-/m0/s1. The third-order valence-corrected chi connectivity index (χ3v) is 6.02. The minimum Gasteiger partial charge on any atom is -0.331 e. The maximum atomic E-state index is 13.0. The Morgan fingerprint density at radius 3 is 3.00 bits per heavy atom. The van der Waals surface area contributed by atoms with Crippen molar-refractivity contribution < 1.29 is 4.79 Å². The van der Waals surface area contributed by atoms with E-state index < -0.39 is 0 Å². The van der Waals surface area contributed by atoms with E-state index in [0.29, 0.717) is 0 Å². The van der Waals surface area contributed by atoms with Crippen molar-refractivity contribution in [3.05, 3.63) is 51.5 Å². The second-order valence-electron chi connectivity index (χ2n) is 6.21. The van der Waals surface area contributed by atoms with E-state index in [1.807, 2.05) is 17.2 Å². The molecule has 1 aliphatic heterocycles. The zero-order valence-corrected chi connectivity index (χ0v) is 13.4. The van der Waals surface area contributed by atoms with Crippen molar-refractivity contribution in [3.8, 4) is 0 Å². The third kappa shape index (κ3) is 2.45. The fraction of sp³-hybridized carbons (Fsp3) is 0.444. The summed E-state index contributed by atoms with van der Waals surface area (Å²) in [6, 6.07) is 6.39. The van der Waals surface area contributed by atoms with Crippen LogP contribution in [0.3, 0.4) is 0 Å². The van der Waals surface area contributed by atoms with Crippen molar-refractivity contribution >= 4 is 17.2 Å². The van der Waals surface area contributed by atoms with E-state index >= 15 is 0 Å². The molecule has 2 aromatic rings. The SMILES string of the molecule is O=C(c1cc2c(s1)CCCC2)N1CCC[C@H]1c1cccnc1. The molecule has 1 saturated heterocycles. The normalized spacial score (nSPS) is 20.9. The van der Waals surface area contributed by atoms with Crippen molar-refractivity contribution in [2.24, 2.45) is 0 Å². The smallest absolute Gasteiger partial charge is 0.264 e. The Balaban J connectivity index is 1.60. The lowest BCUT2D eigenvalue weighted by Gasteiger charge is -2.24. The molecule has 2 aliphatic rings. The molecule has 1 amide bonds. The molecule has 1 atom stereocenters. The van der Waals surface area contributed by atoms with Crippen molar-refractivity contribution in [2.45, 2.75) is 44.6 Å². The van der Waals surface area contributed by atoms with Gasteiger partial charge >= 0.3 is 0 Å². The highest BCUT2D eigenvalue weighted by atomic mass is 32.1. The minimum absolute atomic E-state index is 0.195. The molecule has 2 aromatic heterocycles. The van der Waals surface area contributed by atoms with Crippen molar-refractivity contribution in [1.29, 1.82) is 0 Å². The first-order valence-corrected chi connectivity index (χ1v) is 8.97. The van der Waals surface area contributed by atoms with Gasteiger partial charge in [0.15, 0.2) is 0 Å². The molecule has 4 rings (SSSR count). The number of rotatable bonds is 2. The molecule has 1 fully saturated rings. The monoisotopic (exact) mass is 312 g/mol. The number of amides is 1. The van der Waals surface area contributed by atoms with Crippen LogP contribution in [0.25, 0.3) is 0 Å². The average Bonchev–Trinajstić information content (AvgIpc) is 3.21. The van der Waals surface area contributed by atoms with Gasteiger partial charge in [0.05, 0.1) is 10.9 Å². The van der Waals surface area contributed by atoms with Crippen LogP contribution in [-0.2, 0) is 12.8 Å². The van der Waals surface area contributed by atoms with E-state index in [1.54, 1.807) is 17.5 Å². The van der Waals surface area contributed by atoms with Crippen LogP contribution in [0.2, 0.25) is 0 Å². The van der Waals surface area contributed by atoms with Gasteiger partial charge in [0.1, 0.15) is 0 Å². The predicted octanol–water partition coefficient (Wildman–Crippen LogP) is 4.00. The molecule has 0 bridgehead atoms. The van der Waals surface area contributed by atoms with Gasteiger partial charge in [-0.15, -0.1) is 11.3 Å². The van der Waals surface area contributed by atoms with Crippen LogP contribution in [0, 0.1) is 0 Å². The number of carbonyl (C=O) groups excluding carboxylic acids is 1. The molecule has 0 spiro atoms. The Kier molecular flexibility index (Phi) is 3.70. The van der Waals surface area contributed by atoms with Gasteiger partial charge in [0.2, 0.25) is 0 Å². The summed E-state index contributed by atoms with van der Waals surface area (Å²) in [5.74, 6) is 0.214. The molecule has 0 aromatic carbocycles. The van der Waals surface area contributed by atoms with Crippen LogP contribution in [0.5, 0.6) is 0 Å². The number of hydrogen-bond donors (Lipinski definition) is 0. The van der Waals surface area contributed by atoms with Crippen LogP contribution >= 0.6 is 11.3 Å². The summed E-state index contributed by atoms with van der Waals surface area (Å²) in [6.07, 6.45) is 10.6. The van der Waals surface area contributed by atoms with Gasteiger partial charge in [-0.25, -0.2) is 0 Å². The number of aromatic nitrogens is 1. The zero-order chi connectivity index (χ0) is 14.9. The molecule has 3 nitrogen and oxygen atoms in total. The van der Waals surface area contributed by atoms with Gasteiger partial charge in [-0.2, -0.15) is 0 Å². The number of thiophene rings is 1. The minimum atomic E-state index is 0.195. The Labute approximate surface area is 135 Å². The highest BCUT2D eigenvalue weighted by Crippen LogP contribution is 2.36. The number of carbonyl (C=O) groups is 1. The maximum absolute atomic E-state index is 13.0. The molecule has 3 heterocycles. The number of hydrogen-bond acceptors (Lipinski definition) is 3. The third-order valence-electron chi connectivity index (χ3n) is 4.79. The van der Waals surface area contributed by atoms with Crippen LogP contribution in [0.1, 0.15) is 57.4 Å². The van der Waals surface area contributed by atoms with Gasteiger partial charge < -0.3 is 4.90 Å². The van der Waals surface area contributed by atoms with Crippen molar-refractivity contribution in [1.82, 2.24) is 9.88 Å². The number of pyridine rings is 1. The molecule has 1 aliphatic carbocycles. The van der Waals surface area contributed by atoms with E-state index in [-0.39, 0.29) is 11.9 Å². The summed E-state index contributed by atoms with van der Waals surface area (Å²) in [7, 11) is 0. The van der Waals surface area contributed by atoms with E-state index in [1.165, 1.54) is 23.3 Å². The summed E-state index contributed by atoms with van der Waals surface area (Å²) in [5.41, 5.74) is 2.58. The fourth-order valence-electron chi connectivity index (χ4n) is 3.67. The lowest BCUT2D eigenvalue weighted by Crippen LogP contribution is -2.30. The molecule has 4 heteroatoms. The second-order valence-corrected chi connectivity index (χ2v) is 7.35. The van der Waals surface area contributed by atoms with E-state index in [9.17, 15) is 4.79 Å². The highest BCUT2D eigenvalue weighted by molar-refractivity contribution is 7.14. The van der Waals surface area contributed by atoms with E-state index in [2.05, 4.69) is 17.1 Å². The van der Waals surface area contributed by atoms with Crippen molar-refractivity contribution in [2.75, 3.05) is 6.54 Å². The quantitative estimate of drug-likeness (QED) is 0.840. The first kappa shape index (κ1) is 13.9. The Hall–Kier alpha value is -1.68. The number of likely N-dealkylation sites (tertiary alicyclic amines) is 1. The second kappa shape index (κ2) is 5.84. The molecule has 0 unspecified atom stereocenters. The van der Waals surface area contributed by atoms with E-state index in [0.717, 1.165) is 42.7 Å². The molecule has 114 valence electrons. The number of nitrogens with zero attached hydrogens (tertiary/aromatic N) is 2. The first-order chi connectivity index (χ1) is 10.8. The van der Waals surface area contributed by atoms with E-state index in [4.69, 9.17) is 0 Å². The lowest BCUT2D eigenvalue weighted by atomic mass is 9.99. The van der Waals surface area contributed by atoms with Crippen molar-refractivity contribution in [3.63, 3.8) is 0 Å². The summed E-state index contributed by atoms with van der Waals surface area (Å²) in [6.45, 7) is 0.862. The van der Waals surface area contributed by atoms with Gasteiger partial charge in [-0.3, -0.25) is 9.78 Å². The molecule has 0 radical (unpaired) electrons. The maximum Gasteiger partial charge on any atom is 0.264 e. The van der Waals surface area contributed by atoms with Crippen LogP contribution < -0.4 is 0 Å². The first-order valence-electron chi connectivity index (χ1n) is 8.15.